The first kappa shape index (κ1) is 23.7. The van der Waals surface area contributed by atoms with Crippen molar-refractivity contribution in [2.45, 2.75) is 24.8 Å². The molecule has 2 N–H and O–H groups in total. The minimum absolute atomic E-state index is 0.0689. The van der Waals surface area contributed by atoms with Gasteiger partial charge in [-0.25, -0.2) is 9.78 Å². The Bertz CT molecular complexity index is 1260. The van der Waals surface area contributed by atoms with Crippen LogP contribution in [0.1, 0.15) is 35.6 Å². The van der Waals surface area contributed by atoms with Crippen LogP contribution in [-0.4, -0.2) is 65.3 Å². The van der Waals surface area contributed by atoms with Gasteiger partial charge in [-0.2, -0.15) is 0 Å². The number of carbonyl (C=O) groups is 1. The number of fused-ring (bicyclic) bond motifs is 1. The number of benzene rings is 2. The molecular formula is C29H30N4O3. The predicted molar refractivity (Wildman–Crippen MR) is 139 cm³/mol. The van der Waals surface area contributed by atoms with E-state index in [1.165, 1.54) is 5.56 Å². The molecule has 0 unspecified atom stereocenters. The van der Waals surface area contributed by atoms with E-state index in [-0.39, 0.29) is 17.8 Å². The van der Waals surface area contributed by atoms with Crippen molar-refractivity contribution in [1.29, 1.82) is 0 Å². The van der Waals surface area contributed by atoms with Crippen LogP contribution >= 0.6 is 0 Å². The lowest BCUT2D eigenvalue weighted by atomic mass is 9.92. The molecule has 3 heterocycles. The Balaban J connectivity index is 1.27. The van der Waals surface area contributed by atoms with E-state index in [0.717, 1.165) is 43.9 Å². The Kier molecular flexibility index (Phi) is 7.06. The molecule has 36 heavy (non-hydrogen) atoms. The number of urea groups is 1. The van der Waals surface area contributed by atoms with Gasteiger partial charge in [-0.3, -0.25) is 4.90 Å². The van der Waals surface area contributed by atoms with Gasteiger partial charge >= 0.3 is 6.03 Å². The van der Waals surface area contributed by atoms with Crippen LogP contribution in [0.4, 0.5) is 10.5 Å². The Morgan fingerprint density at radius 1 is 1.06 bits per heavy atom. The second-order valence-corrected chi connectivity index (χ2v) is 9.20. The van der Waals surface area contributed by atoms with Crippen molar-refractivity contribution in [3.63, 3.8) is 0 Å². The summed E-state index contributed by atoms with van der Waals surface area (Å²) in [7, 11) is 1.63. The van der Waals surface area contributed by atoms with Gasteiger partial charge in [-0.15, -0.1) is 0 Å². The van der Waals surface area contributed by atoms with Crippen molar-refractivity contribution < 1.29 is 14.6 Å². The maximum absolute atomic E-state index is 13.1. The lowest BCUT2D eigenvalue weighted by Crippen LogP contribution is -2.43. The van der Waals surface area contributed by atoms with Gasteiger partial charge in [0.2, 0.25) is 0 Å². The Hall–Kier alpha value is -4.02. The molecule has 0 aliphatic carbocycles. The monoisotopic (exact) mass is 482 g/mol. The van der Waals surface area contributed by atoms with E-state index in [1.54, 1.807) is 25.3 Å². The molecule has 7 heteroatoms. The van der Waals surface area contributed by atoms with E-state index in [1.807, 2.05) is 47.5 Å². The van der Waals surface area contributed by atoms with Crippen molar-refractivity contribution in [2.24, 2.45) is 0 Å². The van der Waals surface area contributed by atoms with Crippen LogP contribution in [0.3, 0.4) is 0 Å². The number of hydrogen-bond acceptors (Lipinski definition) is 5. The quantitative estimate of drug-likeness (QED) is 0.545. The highest BCUT2D eigenvalue weighted by Gasteiger charge is 2.38. The average molecular weight is 483 g/mol. The minimum Gasteiger partial charge on any atom is -0.507 e. The lowest BCUT2D eigenvalue weighted by molar-refractivity contribution is 0.197. The molecule has 2 aromatic carbocycles. The second-order valence-electron chi connectivity index (χ2n) is 9.20. The second kappa shape index (κ2) is 10.7. The molecule has 3 aromatic rings. The summed E-state index contributed by atoms with van der Waals surface area (Å²) in [4.78, 5) is 22.1. The number of aromatic hydroxyl groups is 1. The molecule has 1 aromatic heterocycles. The lowest BCUT2D eigenvalue weighted by Gasteiger charge is -2.29. The number of methoxy groups -OCH3 is 1. The van der Waals surface area contributed by atoms with E-state index in [4.69, 9.17) is 4.74 Å². The first-order valence-corrected chi connectivity index (χ1v) is 12.3. The number of para-hydroxylation sites is 1. The van der Waals surface area contributed by atoms with Gasteiger partial charge < -0.3 is 20.1 Å². The normalized spacial score (nSPS) is 19.5. The molecule has 5 rings (SSSR count). The van der Waals surface area contributed by atoms with Crippen LogP contribution in [0, 0.1) is 11.8 Å². The van der Waals surface area contributed by atoms with Gasteiger partial charge in [0.1, 0.15) is 17.2 Å². The fraction of sp³-hybridized carbons (Fsp3) is 0.310. The van der Waals surface area contributed by atoms with Crippen molar-refractivity contribution in [2.75, 3.05) is 38.6 Å². The molecule has 184 valence electrons. The summed E-state index contributed by atoms with van der Waals surface area (Å²) < 4.78 is 5.20. The topological polar surface area (TPSA) is 77.9 Å². The highest BCUT2D eigenvalue weighted by molar-refractivity contribution is 5.89. The number of hydrogen-bond donors (Lipinski definition) is 2. The minimum atomic E-state index is -0.0689. The summed E-state index contributed by atoms with van der Waals surface area (Å²) in [5.74, 6) is 7.27. The number of anilines is 1. The number of phenols is 1. The molecule has 0 spiro atoms. The zero-order valence-corrected chi connectivity index (χ0v) is 20.4. The third-order valence-electron chi connectivity index (χ3n) is 7.01. The largest absolute Gasteiger partial charge is 0.507 e. The van der Waals surface area contributed by atoms with Crippen LogP contribution in [0.2, 0.25) is 0 Å². The van der Waals surface area contributed by atoms with Crippen LogP contribution in [0.5, 0.6) is 11.5 Å². The van der Waals surface area contributed by atoms with E-state index >= 15 is 0 Å². The maximum Gasteiger partial charge on any atom is 0.321 e. The third-order valence-corrected chi connectivity index (χ3v) is 7.01. The van der Waals surface area contributed by atoms with E-state index in [2.05, 4.69) is 33.1 Å². The van der Waals surface area contributed by atoms with Gasteiger partial charge in [0, 0.05) is 43.5 Å². The van der Waals surface area contributed by atoms with E-state index in [9.17, 15) is 9.90 Å². The molecule has 2 aliphatic heterocycles. The molecule has 2 atom stereocenters. The number of nitrogens with one attached hydrogen (secondary N) is 1. The van der Waals surface area contributed by atoms with Crippen LogP contribution in [-0.2, 0) is 0 Å². The molecule has 0 saturated carbocycles. The summed E-state index contributed by atoms with van der Waals surface area (Å²) in [6, 6.07) is 18.7. The van der Waals surface area contributed by atoms with E-state index < -0.39 is 0 Å². The van der Waals surface area contributed by atoms with Crippen molar-refractivity contribution in [1.82, 2.24) is 14.8 Å². The average Bonchev–Trinajstić information content (AvgIpc) is 3.18. The summed E-state index contributed by atoms with van der Waals surface area (Å²) in [5, 5.41) is 12.9. The molecule has 0 radical (unpaired) electrons. The SMILES string of the molecule is COc1ccc(NC(=O)N2CCCN3CC[C@H](c4ccc(C#Cc5ccccc5O)nc4)[C@@H]3C2)cc1. The fourth-order valence-electron chi connectivity index (χ4n) is 5.08. The fourth-order valence-corrected chi connectivity index (χ4v) is 5.08. The Morgan fingerprint density at radius 3 is 2.64 bits per heavy atom. The molecule has 2 saturated heterocycles. The van der Waals surface area contributed by atoms with Gasteiger partial charge in [-0.05, 0) is 73.3 Å². The summed E-state index contributed by atoms with van der Waals surface area (Å²) in [6.07, 6.45) is 3.91. The van der Waals surface area contributed by atoms with Gasteiger partial charge in [-0.1, -0.05) is 24.1 Å². The van der Waals surface area contributed by atoms with Crippen molar-refractivity contribution in [3.8, 4) is 23.3 Å². The van der Waals surface area contributed by atoms with E-state index in [0.29, 0.717) is 23.7 Å². The first-order valence-electron chi connectivity index (χ1n) is 12.3. The molecule has 2 aliphatic rings. The maximum atomic E-state index is 13.1. The van der Waals surface area contributed by atoms with Crippen molar-refractivity contribution >= 4 is 11.7 Å². The number of aromatic nitrogens is 1. The smallest absolute Gasteiger partial charge is 0.321 e. The highest BCUT2D eigenvalue weighted by Crippen LogP contribution is 2.35. The van der Waals surface area contributed by atoms with Gasteiger partial charge in [0.15, 0.2) is 0 Å². The predicted octanol–water partition coefficient (Wildman–Crippen LogP) is 4.29. The van der Waals surface area contributed by atoms with Crippen LogP contribution < -0.4 is 10.1 Å². The number of nitrogens with zero attached hydrogens (tertiary/aromatic N) is 3. The zero-order chi connectivity index (χ0) is 24.9. The van der Waals surface area contributed by atoms with Gasteiger partial charge in [0.25, 0.3) is 0 Å². The van der Waals surface area contributed by atoms with Crippen LogP contribution in [0.25, 0.3) is 0 Å². The third kappa shape index (κ3) is 5.29. The number of amides is 2. The number of phenolic OH excluding ortho intramolecular Hbond substituents is 1. The number of carbonyl (C=O) groups excluding carboxylic acids is 1. The van der Waals surface area contributed by atoms with Crippen molar-refractivity contribution in [3.05, 3.63) is 83.7 Å². The molecule has 7 nitrogen and oxygen atoms in total. The number of ether oxygens (including phenoxy) is 1. The number of pyridine rings is 1. The Morgan fingerprint density at radius 2 is 1.89 bits per heavy atom. The standard InChI is InChI=1S/C29H30N4O3/c1-36-25-13-11-24(12-14-25)31-29(35)33-17-4-16-32-18-15-26(27(32)20-33)22-8-10-23(30-19-22)9-7-21-5-2-3-6-28(21)34/h2-3,5-6,8,10-14,19,26-27,34H,4,15-18,20H2,1H3,(H,31,35)/t26-,27+/m1/s1. The number of rotatable bonds is 3. The highest BCUT2D eigenvalue weighted by atomic mass is 16.5. The molecular weight excluding hydrogens is 452 g/mol. The molecule has 0 bridgehead atoms. The first-order chi connectivity index (χ1) is 17.6. The summed E-state index contributed by atoms with van der Waals surface area (Å²) in [6.45, 7) is 3.44. The summed E-state index contributed by atoms with van der Waals surface area (Å²) in [5.41, 5.74) is 3.18. The summed E-state index contributed by atoms with van der Waals surface area (Å²) >= 11 is 0. The Labute approximate surface area is 211 Å². The molecule has 2 fully saturated rings. The van der Waals surface area contributed by atoms with Crippen LogP contribution in [0.15, 0.2) is 66.9 Å². The zero-order valence-electron chi connectivity index (χ0n) is 20.4. The molecule has 2 amide bonds. The van der Waals surface area contributed by atoms with Gasteiger partial charge in [0.05, 0.1) is 12.7 Å².